The molecule has 0 aromatic carbocycles. The van der Waals surface area contributed by atoms with Gasteiger partial charge >= 0.3 is 6.09 Å². The molecule has 0 saturated heterocycles. The number of carbonyl (C=O) groups is 2. The largest absolute Gasteiger partial charge is 0.444 e. The van der Waals surface area contributed by atoms with Gasteiger partial charge in [-0.3, -0.25) is 9.69 Å². The van der Waals surface area contributed by atoms with Gasteiger partial charge in [0.25, 0.3) is 0 Å². The fourth-order valence-corrected chi connectivity index (χ4v) is 1.77. The third-order valence-electron chi connectivity index (χ3n) is 2.83. The Balaban J connectivity index is 4.87. The van der Waals surface area contributed by atoms with Crippen molar-refractivity contribution in [2.24, 2.45) is 11.8 Å². The molecule has 1 N–H and O–H groups in total. The maximum Gasteiger partial charge on any atom is 0.410 e. The zero-order valence-corrected chi connectivity index (χ0v) is 14.8. The molecule has 0 aromatic rings. The first-order valence-corrected chi connectivity index (χ1v) is 7.67. The highest BCUT2D eigenvalue weighted by atomic mass is 16.6. The fourth-order valence-electron chi connectivity index (χ4n) is 1.77. The molecular formula is C16H32N2O3. The highest BCUT2D eigenvalue weighted by Crippen LogP contribution is 2.15. The Morgan fingerprint density at radius 1 is 1.10 bits per heavy atom. The van der Waals surface area contributed by atoms with Crippen LogP contribution in [-0.2, 0) is 9.53 Å². The van der Waals surface area contributed by atoms with E-state index in [4.69, 9.17) is 4.74 Å². The minimum absolute atomic E-state index is 0.120. The van der Waals surface area contributed by atoms with Gasteiger partial charge in [-0.1, -0.05) is 27.7 Å². The van der Waals surface area contributed by atoms with E-state index in [9.17, 15) is 9.59 Å². The maximum atomic E-state index is 12.3. The van der Waals surface area contributed by atoms with E-state index < -0.39 is 17.7 Å². The fraction of sp³-hybridized carbons (Fsp3) is 0.875. The van der Waals surface area contributed by atoms with Gasteiger partial charge in [0, 0.05) is 13.6 Å². The van der Waals surface area contributed by atoms with Crippen molar-refractivity contribution in [3.63, 3.8) is 0 Å². The van der Waals surface area contributed by atoms with Crippen molar-refractivity contribution in [2.45, 2.75) is 66.5 Å². The SMILES string of the molecule is CC(C)CNC(=O)[C@H](CC(C)C)N(C)C(=O)OC(C)(C)C. The highest BCUT2D eigenvalue weighted by Gasteiger charge is 2.30. The minimum atomic E-state index is -0.567. The lowest BCUT2D eigenvalue weighted by Crippen LogP contribution is -2.50. The molecule has 0 aliphatic carbocycles. The van der Waals surface area contributed by atoms with Crippen molar-refractivity contribution in [2.75, 3.05) is 13.6 Å². The molecule has 0 aromatic heterocycles. The average molecular weight is 300 g/mol. The number of nitrogens with one attached hydrogen (secondary N) is 1. The van der Waals surface area contributed by atoms with E-state index in [1.165, 1.54) is 4.90 Å². The Morgan fingerprint density at radius 3 is 2.00 bits per heavy atom. The van der Waals surface area contributed by atoms with Gasteiger partial charge in [0.1, 0.15) is 11.6 Å². The lowest BCUT2D eigenvalue weighted by Gasteiger charge is -2.31. The Labute approximate surface area is 129 Å². The number of ether oxygens (including phenoxy) is 1. The van der Waals surface area contributed by atoms with E-state index >= 15 is 0 Å². The number of likely N-dealkylation sites (N-methyl/N-ethyl adjacent to an activating group) is 1. The van der Waals surface area contributed by atoms with Crippen LogP contribution < -0.4 is 5.32 Å². The molecule has 0 spiro atoms. The normalized spacial score (nSPS) is 13.2. The zero-order valence-electron chi connectivity index (χ0n) is 14.8. The summed E-state index contributed by atoms with van der Waals surface area (Å²) in [6.07, 6.45) is 0.146. The second-order valence-corrected chi connectivity index (χ2v) is 7.38. The first kappa shape index (κ1) is 19.7. The molecular weight excluding hydrogens is 268 g/mol. The average Bonchev–Trinajstić information content (AvgIpc) is 2.29. The van der Waals surface area contributed by atoms with Crippen LogP contribution in [0.4, 0.5) is 4.79 Å². The lowest BCUT2D eigenvalue weighted by atomic mass is 10.0. The van der Waals surface area contributed by atoms with E-state index in [0.717, 1.165) is 0 Å². The molecule has 0 bridgehead atoms. The van der Waals surface area contributed by atoms with Crippen molar-refractivity contribution in [3.8, 4) is 0 Å². The summed E-state index contributed by atoms with van der Waals surface area (Å²) in [7, 11) is 1.62. The molecule has 0 heterocycles. The minimum Gasteiger partial charge on any atom is -0.444 e. The van der Waals surface area contributed by atoms with Gasteiger partial charge in [0.05, 0.1) is 0 Å². The number of hydrogen-bond donors (Lipinski definition) is 1. The number of carbonyl (C=O) groups excluding carboxylic acids is 2. The number of amides is 2. The molecule has 0 aliphatic heterocycles. The molecule has 0 aliphatic rings. The van der Waals surface area contributed by atoms with Crippen LogP contribution in [0.5, 0.6) is 0 Å². The van der Waals surface area contributed by atoms with Gasteiger partial charge in [-0.2, -0.15) is 0 Å². The second-order valence-electron chi connectivity index (χ2n) is 7.38. The predicted molar refractivity (Wildman–Crippen MR) is 85.1 cm³/mol. The summed E-state index contributed by atoms with van der Waals surface area (Å²) in [6.45, 7) is 14.2. The number of nitrogens with zero attached hydrogens (tertiary/aromatic N) is 1. The number of rotatable bonds is 6. The summed E-state index contributed by atoms with van der Waals surface area (Å²) >= 11 is 0. The molecule has 1 atom stereocenters. The topological polar surface area (TPSA) is 58.6 Å². The van der Waals surface area contributed by atoms with Crippen LogP contribution in [-0.4, -0.2) is 42.1 Å². The van der Waals surface area contributed by atoms with E-state index in [1.807, 2.05) is 48.5 Å². The van der Waals surface area contributed by atoms with Gasteiger partial charge in [-0.05, 0) is 39.0 Å². The van der Waals surface area contributed by atoms with E-state index in [2.05, 4.69) is 5.32 Å². The van der Waals surface area contributed by atoms with Gasteiger partial charge in [0.15, 0.2) is 0 Å². The van der Waals surface area contributed by atoms with Crippen LogP contribution in [0.1, 0.15) is 54.9 Å². The Bertz CT molecular complexity index is 346. The Kier molecular flexibility index (Phi) is 7.75. The van der Waals surface area contributed by atoms with Gasteiger partial charge < -0.3 is 10.1 Å². The third kappa shape index (κ3) is 8.58. The van der Waals surface area contributed by atoms with Gasteiger partial charge in [-0.25, -0.2) is 4.79 Å². The molecule has 2 amide bonds. The Hall–Kier alpha value is -1.26. The van der Waals surface area contributed by atoms with Crippen LogP contribution in [0.2, 0.25) is 0 Å². The van der Waals surface area contributed by atoms with Gasteiger partial charge in [0.2, 0.25) is 5.91 Å². The summed E-state index contributed by atoms with van der Waals surface area (Å²) in [5, 5.41) is 2.90. The summed E-state index contributed by atoms with van der Waals surface area (Å²) in [5.41, 5.74) is -0.567. The van der Waals surface area contributed by atoms with Crippen molar-refractivity contribution < 1.29 is 14.3 Å². The van der Waals surface area contributed by atoms with Crippen LogP contribution in [0.15, 0.2) is 0 Å². The highest BCUT2D eigenvalue weighted by molar-refractivity contribution is 5.85. The quantitative estimate of drug-likeness (QED) is 0.820. The monoisotopic (exact) mass is 300 g/mol. The van der Waals surface area contributed by atoms with Gasteiger partial charge in [-0.15, -0.1) is 0 Å². The van der Waals surface area contributed by atoms with E-state index in [0.29, 0.717) is 24.8 Å². The first-order valence-electron chi connectivity index (χ1n) is 7.67. The molecule has 124 valence electrons. The van der Waals surface area contributed by atoms with Crippen molar-refractivity contribution in [1.29, 1.82) is 0 Å². The van der Waals surface area contributed by atoms with E-state index in [1.54, 1.807) is 7.05 Å². The molecule has 0 fully saturated rings. The summed E-state index contributed by atoms with van der Waals surface area (Å²) in [6, 6.07) is -0.501. The molecule has 5 heteroatoms. The summed E-state index contributed by atoms with van der Waals surface area (Å²) < 4.78 is 5.34. The van der Waals surface area contributed by atoms with E-state index in [-0.39, 0.29) is 5.91 Å². The van der Waals surface area contributed by atoms with Crippen LogP contribution >= 0.6 is 0 Å². The third-order valence-corrected chi connectivity index (χ3v) is 2.83. The lowest BCUT2D eigenvalue weighted by molar-refractivity contribution is -0.126. The molecule has 0 unspecified atom stereocenters. The molecule has 0 radical (unpaired) electrons. The van der Waals surface area contributed by atoms with Crippen LogP contribution in [0.25, 0.3) is 0 Å². The maximum absolute atomic E-state index is 12.3. The molecule has 21 heavy (non-hydrogen) atoms. The summed E-state index contributed by atoms with van der Waals surface area (Å²) in [4.78, 5) is 25.9. The molecule has 5 nitrogen and oxygen atoms in total. The zero-order chi connectivity index (χ0) is 16.8. The number of hydrogen-bond acceptors (Lipinski definition) is 3. The van der Waals surface area contributed by atoms with Crippen molar-refractivity contribution in [1.82, 2.24) is 10.2 Å². The first-order chi connectivity index (χ1) is 9.44. The van der Waals surface area contributed by atoms with Crippen LogP contribution in [0, 0.1) is 11.8 Å². The summed E-state index contributed by atoms with van der Waals surface area (Å²) in [5.74, 6) is 0.566. The molecule has 0 rings (SSSR count). The predicted octanol–water partition coefficient (Wildman–Crippen LogP) is 3.04. The van der Waals surface area contributed by atoms with Crippen molar-refractivity contribution >= 4 is 12.0 Å². The van der Waals surface area contributed by atoms with Crippen LogP contribution in [0.3, 0.4) is 0 Å². The standard InChI is InChI=1S/C16H32N2O3/c1-11(2)9-13(14(19)17-10-12(3)4)18(8)15(20)21-16(5,6)7/h11-13H,9-10H2,1-8H3,(H,17,19)/t13-/m0/s1. The second kappa shape index (κ2) is 8.25. The Morgan fingerprint density at radius 2 is 1.62 bits per heavy atom. The van der Waals surface area contributed by atoms with Crippen molar-refractivity contribution in [3.05, 3.63) is 0 Å². The smallest absolute Gasteiger partial charge is 0.410 e. The molecule has 0 saturated carbocycles.